The maximum atomic E-state index is 5.48. The fraction of sp³-hybridized carbons (Fsp3) is 0.174. The van der Waals surface area contributed by atoms with E-state index < -0.39 is 0 Å². The molecule has 0 aliphatic carbocycles. The lowest BCUT2D eigenvalue weighted by Crippen LogP contribution is -2.20. The molecule has 0 spiro atoms. The van der Waals surface area contributed by atoms with Crippen LogP contribution in [0, 0.1) is 0 Å². The molecule has 0 saturated heterocycles. The molecule has 2 aromatic carbocycles. The molecule has 0 aliphatic heterocycles. The highest BCUT2D eigenvalue weighted by Crippen LogP contribution is 2.19. The molecule has 0 saturated carbocycles. The zero-order valence-corrected chi connectivity index (χ0v) is 16.9. The normalized spacial score (nSPS) is 11.5. The number of nitrogens with one attached hydrogen (secondary N) is 1. The molecule has 1 aromatic heterocycles. The van der Waals surface area contributed by atoms with Crippen LogP contribution in [-0.4, -0.2) is 37.7 Å². The number of hydrazone groups is 1. The third-order valence-electron chi connectivity index (χ3n) is 4.09. The van der Waals surface area contributed by atoms with Crippen molar-refractivity contribution < 1.29 is 4.74 Å². The summed E-state index contributed by atoms with van der Waals surface area (Å²) in [6.45, 7) is 2.59. The SMILES string of the molecule is CCOc1ccc(N=C(NN=Cc2ccc(N(C)C)cc2)c2ccccn2)cc1. The van der Waals surface area contributed by atoms with E-state index in [9.17, 15) is 0 Å². The van der Waals surface area contributed by atoms with Crippen LogP contribution in [-0.2, 0) is 0 Å². The second-order valence-corrected chi connectivity index (χ2v) is 6.46. The summed E-state index contributed by atoms with van der Waals surface area (Å²) in [6, 6.07) is 21.4. The molecule has 3 rings (SSSR count). The van der Waals surface area contributed by atoms with E-state index in [4.69, 9.17) is 4.74 Å². The van der Waals surface area contributed by atoms with E-state index in [0.29, 0.717) is 18.1 Å². The van der Waals surface area contributed by atoms with Gasteiger partial charge >= 0.3 is 0 Å². The average Bonchev–Trinajstić information content (AvgIpc) is 2.75. The summed E-state index contributed by atoms with van der Waals surface area (Å²) in [7, 11) is 4.03. The van der Waals surface area contributed by atoms with E-state index in [0.717, 1.165) is 22.7 Å². The molecule has 29 heavy (non-hydrogen) atoms. The van der Waals surface area contributed by atoms with Crippen molar-refractivity contribution in [1.82, 2.24) is 10.4 Å². The van der Waals surface area contributed by atoms with Crippen LogP contribution >= 0.6 is 0 Å². The van der Waals surface area contributed by atoms with Crippen LogP contribution in [0.5, 0.6) is 5.75 Å². The molecular weight excluding hydrogens is 362 g/mol. The molecule has 0 fully saturated rings. The number of amidine groups is 1. The largest absolute Gasteiger partial charge is 0.494 e. The number of aliphatic imine (C=N–C) groups is 1. The Morgan fingerprint density at radius 1 is 1.03 bits per heavy atom. The lowest BCUT2D eigenvalue weighted by Gasteiger charge is -2.11. The topological polar surface area (TPSA) is 62.1 Å². The zero-order chi connectivity index (χ0) is 20.5. The molecule has 0 radical (unpaired) electrons. The second-order valence-electron chi connectivity index (χ2n) is 6.46. The van der Waals surface area contributed by atoms with E-state index in [1.165, 1.54) is 0 Å². The Morgan fingerprint density at radius 2 is 1.79 bits per heavy atom. The second kappa shape index (κ2) is 10.0. The summed E-state index contributed by atoms with van der Waals surface area (Å²) in [5.74, 6) is 1.38. The van der Waals surface area contributed by atoms with Crippen LogP contribution < -0.4 is 15.1 Å². The van der Waals surface area contributed by atoms with Crippen LogP contribution in [0.3, 0.4) is 0 Å². The van der Waals surface area contributed by atoms with Crippen molar-refractivity contribution in [1.29, 1.82) is 0 Å². The third kappa shape index (κ3) is 5.90. The molecule has 6 nitrogen and oxygen atoms in total. The van der Waals surface area contributed by atoms with Crippen molar-refractivity contribution in [2.45, 2.75) is 6.92 Å². The summed E-state index contributed by atoms with van der Waals surface area (Å²) < 4.78 is 5.48. The quantitative estimate of drug-likeness (QED) is 0.374. The van der Waals surface area contributed by atoms with Crippen molar-refractivity contribution in [2.24, 2.45) is 10.1 Å². The third-order valence-corrected chi connectivity index (χ3v) is 4.09. The standard InChI is InChI=1S/C23H25N5O/c1-4-29-21-14-10-19(11-15-21)26-23(22-7-5-6-16-24-22)27-25-17-18-8-12-20(13-9-18)28(2)3/h5-17H,4H2,1-3H3,(H,26,27). The van der Waals surface area contributed by atoms with Crippen LogP contribution in [0.25, 0.3) is 0 Å². The Kier molecular flexibility index (Phi) is 6.95. The number of aromatic nitrogens is 1. The van der Waals surface area contributed by atoms with Gasteiger partial charge in [0.1, 0.15) is 11.4 Å². The monoisotopic (exact) mass is 387 g/mol. The lowest BCUT2D eigenvalue weighted by atomic mass is 10.2. The minimum Gasteiger partial charge on any atom is -0.494 e. The molecule has 6 heteroatoms. The van der Waals surface area contributed by atoms with Crippen molar-refractivity contribution in [3.8, 4) is 5.75 Å². The van der Waals surface area contributed by atoms with Crippen LogP contribution in [0.1, 0.15) is 18.2 Å². The van der Waals surface area contributed by atoms with Crippen LogP contribution in [0.2, 0.25) is 0 Å². The number of rotatable bonds is 7. The summed E-state index contributed by atoms with van der Waals surface area (Å²) in [5.41, 5.74) is 6.65. The van der Waals surface area contributed by atoms with Gasteiger partial charge in [-0.3, -0.25) is 10.4 Å². The van der Waals surface area contributed by atoms with Gasteiger partial charge < -0.3 is 9.64 Å². The van der Waals surface area contributed by atoms with Gasteiger partial charge in [-0.15, -0.1) is 0 Å². The molecule has 1 heterocycles. The molecule has 0 bridgehead atoms. The van der Waals surface area contributed by atoms with Gasteiger partial charge in [-0.1, -0.05) is 18.2 Å². The number of pyridine rings is 1. The minimum absolute atomic E-state index is 0.566. The maximum absolute atomic E-state index is 5.48. The molecule has 0 aliphatic rings. The van der Waals surface area contributed by atoms with Crippen molar-refractivity contribution in [3.05, 3.63) is 84.2 Å². The minimum atomic E-state index is 0.566. The predicted molar refractivity (Wildman–Crippen MR) is 120 cm³/mol. The molecule has 0 amide bonds. The first-order valence-corrected chi connectivity index (χ1v) is 9.45. The molecule has 1 N–H and O–H groups in total. The number of hydrogen-bond donors (Lipinski definition) is 1. The Bertz CT molecular complexity index is 949. The van der Waals surface area contributed by atoms with Crippen molar-refractivity contribution in [2.75, 3.05) is 25.6 Å². The molecule has 3 aromatic rings. The van der Waals surface area contributed by atoms with Gasteiger partial charge in [0.15, 0.2) is 5.84 Å². The predicted octanol–water partition coefficient (Wildman–Crippen LogP) is 4.25. The Labute approximate surface area is 171 Å². The average molecular weight is 387 g/mol. The summed E-state index contributed by atoms with van der Waals surface area (Å²) in [6.07, 6.45) is 3.49. The molecular formula is C23H25N5O. The fourth-order valence-corrected chi connectivity index (χ4v) is 2.58. The van der Waals surface area contributed by atoms with Gasteiger partial charge in [-0.2, -0.15) is 5.10 Å². The van der Waals surface area contributed by atoms with Gasteiger partial charge in [0.25, 0.3) is 0 Å². The molecule has 0 unspecified atom stereocenters. The van der Waals surface area contributed by atoms with Crippen molar-refractivity contribution in [3.63, 3.8) is 0 Å². The van der Waals surface area contributed by atoms with E-state index in [2.05, 4.69) is 37.5 Å². The Hall–Kier alpha value is -3.67. The summed E-state index contributed by atoms with van der Waals surface area (Å²) in [5, 5.41) is 4.35. The number of hydrogen-bond acceptors (Lipinski definition) is 5. The maximum Gasteiger partial charge on any atom is 0.172 e. The van der Waals surface area contributed by atoms with Crippen LogP contribution in [0.4, 0.5) is 11.4 Å². The summed E-state index contributed by atoms with van der Waals surface area (Å²) in [4.78, 5) is 11.1. The first kappa shape index (κ1) is 20.1. The van der Waals surface area contributed by atoms with Gasteiger partial charge in [-0.25, -0.2) is 4.99 Å². The first-order chi connectivity index (χ1) is 14.2. The van der Waals surface area contributed by atoms with Gasteiger partial charge in [0.2, 0.25) is 0 Å². The first-order valence-electron chi connectivity index (χ1n) is 9.45. The molecule has 148 valence electrons. The highest BCUT2D eigenvalue weighted by molar-refractivity contribution is 5.99. The van der Waals surface area contributed by atoms with E-state index in [1.807, 2.05) is 75.6 Å². The van der Waals surface area contributed by atoms with E-state index in [-0.39, 0.29) is 0 Å². The van der Waals surface area contributed by atoms with E-state index in [1.54, 1.807) is 12.4 Å². The Morgan fingerprint density at radius 3 is 2.41 bits per heavy atom. The van der Waals surface area contributed by atoms with Crippen molar-refractivity contribution >= 4 is 23.4 Å². The number of anilines is 1. The highest BCUT2D eigenvalue weighted by Gasteiger charge is 2.04. The molecule has 0 atom stereocenters. The van der Waals surface area contributed by atoms with Gasteiger partial charge in [0.05, 0.1) is 18.5 Å². The van der Waals surface area contributed by atoms with Gasteiger partial charge in [-0.05, 0) is 61.0 Å². The highest BCUT2D eigenvalue weighted by atomic mass is 16.5. The lowest BCUT2D eigenvalue weighted by molar-refractivity contribution is 0.340. The smallest absolute Gasteiger partial charge is 0.172 e. The number of benzene rings is 2. The Balaban J connectivity index is 1.79. The van der Waals surface area contributed by atoms with E-state index >= 15 is 0 Å². The van der Waals surface area contributed by atoms with Gasteiger partial charge in [0, 0.05) is 26.0 Å². The number of nitrogens with zero attached hydrogens (tertiary/aromatic N) is 4. The van der Waals surface area contributed by atoms with Crippen LogP contribution in [0.15, 0.2) is 83.0 Å². The zero-order valence-electron chi connectivity index (χ0n) is 16.9. The summed E-state index contributed by atoms with van der Waals surface area (Å²) >= 11 is 0. The fourth-order valence-electron chi connectivity index (χ4n) is 2.58. The number of ether oxygens (including phenoxy) is 1.